The lowest BCUT2D eigenvalue weighted by Gasteiger charge is -2.23. The van der Waals surface area contributed by atoms with Crippen molar-refractivity contribution in [2.45, 2.75) is 48.3 Å². The van der Waals surface area contributed by atoms with E-state index in [9.17, 15) is 18.4 Å². The molecule has 4 nitrogen and oxygen atoms in total. The maximum absolute atomic E-state index is 14.2. The van der Waals surface area contributed by atoms with E-state index >= 15 is 0 Å². The number of esters is 2. The smallest absolute Gasteiger partial charge is 0.317 e. The summed E-state index contributed by atoms with van der Waals surface area (Å²) in [7, 11) is 0. The molecule has 2 saturated carbocycles. The largest absolute Gasteiger partial charge is 0.465 e. The van der Waals surface area contributed by atoms with Crippen LogP contribution >= 0.6 is 23.2 Å². The molecule has 2 aliphatic rings. The summed E-state index contributed by atoms with van der Waals surface area (Å²) in [6.07, 6.45) is 0.777. The molecular weight excluding hydrogens is 629 g/mol. The van der Waals surface area contributed by atoms with Crippen molar-refractivity contribution in [2.24, 2.45) is 0 Å². The average Bonchev–Trinajstić information content (AvgIpc) is 3.98. The van der Waals surface area contributed by atoms with Gasteiger partial charge in [0.05, 0.1) is 13.2 Å². The standard InChI is InChI=1S/2C19H18ClFO2/c2*1-2-23-17(22)19(15-9-6-10-16(20)11-15)12-18(19,13-21)14-7-4-3-5-8-14/h2*3-11H,2,12-13H2,1H3/t2*18-,19-/m11/s1. The number of benzene rings is 4. The first-order valence-corrected chi connectivity index (χ1v) is 16.1. The summed E-state index contributed by atoms with van der Waals surface area (Å²) < 4.78 is 38.9. The van der Waals surface area contributed by atoms with Crippen molar-refractivity contribution in [3.05, 3.63) is 141 Å². The molecule has 0 spiro atoms. The SMILES string of the molecule is CCOC(=O)[C@]1(c2cccc(Cl)c2)C[C@@]1(CF)c1ccccc1.CCOC(=O)[C@]1(c2cccc(Cl)c2)C[C@@]1(CF)c1ccccc1. The van der Waals surface area contributed by atoms with Gasteiger partial charge in [0.25, 0.3) is 0 Å². The van der Waals surface area contributed by atoms with Crippen LogP contribution in [0.15, 0.2) is 109 Å². The monoisotopic (exact) mass is 664 g/mol. The lowest BCUT2D eigenvalue weighted by atomic mass is 9.82. The third-order valence-corrected chi connectivity index (χ3v) is 9.98. The Morgan fingerprint density at radius 2 is 0.935 bits per heavy atom. The summed E-state index contributed by atoms with van der Waals surface area (Å²) in [6.45, 7) is 2.79. The Labute approximate surface area is 278 Å². The van der Waals surface area contributed by atoms with Crippen molar-refractivity contribution in [3.63, 3.8) is 0 Å². The van der Waals surface area contributed by atoms with Gasteiger partial charge >= 0.3 is 11.9 Å². The van der Waals surface area contributed by atoms with E-state index < -0.39 is 35.0 Å². The first-order chi connectivity index (χ1) is 22.2. The molecule has 4 atom stereocenters. The highest BCUT2D eigenvalue weighted by Gasteiger charge is 2.75. The number of hydrogen-bond donors (Lipinski definition) is 0. The maximum atomic E-state index is 14.2. The fourth-order valence-electron chi connectivity index (χ4n) is 7.05. The fraction of sp³-hybridized carbons (Fsp3) is 0.316. The van der Waals surface area contributed by atoms with E-state index in [4.69, 9.17) is 32.7 Å². The predicted octanol–water partition coefficient (Wildman–Crippen LogP) is 8.90. The molecule has 6 rings (SSSR count). The molecule has 2 aliphatic carbocycles. The third kappa shape index (κ3) is 5.50. The van der Waals surface area contributed by atoms with Crippen molar-refractivity contribution in [3.8, 4) is 0 Å². The van der Waals surface area contributed by atoms with Crippen LogP contribution in [0.4, 0.5) is 8.78 Å². The van der Waals surface area contributed by atoms with Crippen LogP contribution in [0.3, 0.4) is 0 Å². The van der Waals surface area contributed by atoms with Gasteiger partial charge in [-0.2, -0.15) is 0 Å². The molecule has 46 heavy (non-hydrogen) atoms. The van der Waals surface area contributed by atoms with Crippen LogP contribution in [0.5, 0.6) is 0 Å². The molecule has 240 valence electrons. The summed E-state index contributed by atoms with van der Waals surface area (Å²) in [5.41, 5.74) is -0.731. The quantitative estimate of drug-likeness (QED) is 0.159. The van der Waals surface area contributed by atoms with Gasteiger partial charge in [-0.3, -0.25) is 18.4 Å². The first-order valence-electron chi connectivity index (χ1n) is 15.3. The van der Waals surface area contributed by atoms with Crippen molar-refractivity contribution in [1.29, 1.82) is 0 Å². The summed E-state index contributed by atoms with van der Waals surface area (Å²) in [4.78, 5) is 25.5. The van der Waals surface area contributed by atoms with Gasteiger partial charge < -0.3 is 9.47 Å². The third-order valence-electron chi connectivity index (χ3n) is 9.51. The molecule has 2 fully saturated rings. The van der Waals surface area contributed by atoms with E-state index in [2.05, 4.69) is 0 Å². The Bertz CT molecular complexity index is 1560. The van der Waals surface area contributed by atoms with Gasteiger partial charge in [0, 0.05) is 20.9 Å². The second kappa shape index (κ2) is 13.5. The Morgan fingerprint density at radius 3 is 1.24 bits per heavy atom. The van der Waals surface area contributed by atoms with Crippen LogP contribution in [0.2, 0.25) is 10.0 Å². The number of rotatable bonds is 10. The zero-order valence-corrected chi connectivity index (χ0v) is 27.3. The van der Waals surface area contributed by atoms with E-state index in [0.717, 1.165) is 11.1 Å². The van der Waals surface area contributed by atoms with Gasteiger partial charge in [0.2, 0.25) is 0 Å². The minimum atomic E-state index is -1.01. The lowest BCUT2D eigenvalue weighted by Crippen LogP contribution is -2.34. The van der Waals surface area contributed by atoms with Gasteiger partial charge in [-0.1, -0.05) is 108 Å². The average molecular weight is 666 g/mol. The number of halogens is 4. The van der Waals surface area contributed by atoms with Crippen LogP contribution < -0.4 is 0 Å². The van der Waals surface area contributed by atoms with E-state index in [-0.39, 0.29) is 25.2 Å². The molecule has 4 aromatic carbocycles. The molecular formula is C38H36Cl2F2O4. The van der Waals surface area contributed by atoms with Gasteiger partial charge in [-0.15, -0.1) is 0 Å². The van der Waals surface area contributed by atoms with E-state index in [1.165, 1.54) is 0 Å². The predicted molar refractivity (Wildman–Crippen MR) is 177 cm³/mol. The number of hydrogen-bond acceptors (Lipinski definition) is 4. The van der Waals surface area contributed by atoms with Gasteiger partial charge in [0.15, 0.2) is 0 Å². The number of carbonyl (C=O) groups excluding carboxylic acids is 2. The molecule has 0 unspecified atom stereocenters. The Hall–Kier alpha value is -3.74. The molecule has 0 N–H and O–H groups in total. The zero-order chi connectivity index (χ0) is 33.0. The highest BCUT2D eigenvalue weighted by molar-refractivity contribution is 6.31. The van der Waals surface area contributed by atoms with E-state index in [0.29, 0.717) is 34.0 Å². The summed E-state index contributed by atoms with van der Waals surface area (Å²) in [6, 6.07) is 32.8. The molecule has 4 aromatic rings. The second-order valence-electron chi connectivity index (χ2n) is 11.8. The van der Waals surface area contributed by atoms with Crippen LogP contribution in [-0.4, -0.2) is 38.5 Å². The molecule has 8 heteroatoms. The molecule has 0 aliphatic heterocycles. The normalized spacial score (nSPS) is 25.9. The second-order valence-corrected chi connectivity index (χ2v) is 12.7. The number of alkyl halides is 2. The molecule has 0 radical (unpaired) electrons. The fourth-order valence-corrected chi connectivity index (χ4v) is 7.43. The van der Waals surface area contributed by atoms with Crippen molar-refractivity contribution < 1.29 is 27.8 Å². The molecule has 0 heterocycles. The Morgan fingerprint density at radius 1 is 0.587 bits per heavy atom. The molecule has 0 amide bonds. The molecule has 0 bridgehead atoms. The van der Waals surface area contributed by atoms with Crippen molar-refractivity contribution in [2.75, 3.05) is 26.6 Å². The van der Waals surface area contributed by atoms with Crippen LogP contribution in [0.25, 0.3) is 0 Å². The molecule has 0 saturated heterocycles. The first kappa shape index (κ1) is 33.6. The Balaban J connectivity index is 0.000000181. The van der Waals surface area contributed by atoms with Gasteiger partial charge in [0.1, 0.15) is 24.2 Å². The van der Waals surface area contributed by atoms with Gasteiger partial charge in [-0.05, 0) is 73.2 Å². The summed E-state index contributed by atoms with van der Waals surface area (Å²) in [5.74, 6) is -0.771. The number of carbonyl (C=O) groups is 2. The van der Waals surface area contributed by atoms with E-state index in [1.54, 1.807) is 50.2 Å². The highest BCUT2D eigenvalue weighted by Crippen LogP contribution is 2.67. The zero-order valence-electron chi connectivity index (χ0n) is 25.8. The van der Waals surface area contributed by atoms with Gasteiger partial charge in [-0.25, -0.2) is 0 Å². The topological polar surface area (TPSA) is 52.6 Å². The summed E-state index contributed by atoms with van der Waals surface area (Å²) in [5, 5.41) is 1.05. The van der Waals surface area contributed by atoms with Crippen molar-refractivity contribution >= 4 is 35.1 Å². The van der Waals surface area contributed by atoms with Crippen LogP contribution in [-0.2, 0) is 40.7 Å². The lowest BCUT2D eigenvalue weighted by molar-refractivity contribution is -0.148. The maximum Gasteiger partial charge on any atom is 0.317 e. The van der Waals surface area contributed by atoms with Crippen molar-refractivity contribution in [1.82, 2.24) is 0 Å². The number of ether oxygens (including phenoxy) is 2. The highest BCUT2D eigenvalue weighted by atomic mass is 35.5. The minimum absolute atomic E-state index is 0.262. The van der Waals surface area contributed by atoms with Crippen LogP contribution in [0.1, 0.15) is 48.9 Å². The van der Waals surface area contributed by atoms with Crippen LogP contribution in [0, 0.1) is 0 Å². The Kier molecular flexibility index (Phi) is 9.90. The summed E-state index contributed by atoms with van der Waals surface area (Å²) >= 11 is 12.2. The minimum Gasteiger partial charge on any atom is -0.465 e. The molecule has 0 aromatic heterocycles. The van der Waals surface area contributed by atoms with E-state index in [1.807, 2.05) is 72.8 Å².